The van der Waals surface area contributed by atoms with Crippen LogP contribution in [0.25, 0.3) is 0 Å². The van der Waals surface area contributed by atoms with Crippen LogP contribution >= 0.6 is 0 Å². The molecule has 0 aliphatic heterocycles. The van der Waals surface area contributed by atoms with Crippen molar-refractivity contribution in [1.82, 2.24) is 0 Å². The Kier molecular flexibility index (Phi) is 10.3. The lowest BCUT2D eigenvalue weighted by Crippen LogP contribution is -2.48. The molecule has 3 nitrogen and oxygen atoms in total. The second-order valence-electron chi connectivity index (χ2n) is 8.13. The third-order valence-corrected chi connectivity index (χ3v) is 11.4. The Bertz CT molecular complexity index is 391. The highest BCUT2D eigenvalue weighted by molar-refractivity contribution is 6.77. The molecular weight excluding hydrogens is 316 g/mol. The number of rotatable bonds is 11. The van der Waals surface area contributed by atoms with E-state index in [1.807, 2.05) is 6.92 Å². The molecule has 0 radical (unpaired) electrons. The average molecular weight is 357 g/mol. The molecule has 0 bridgehead atoms. The number of hydrogen-bond donors (Lipinski definition) is 1. The lowest BCUT2D eigenvalue weighted by Gasteiger charge is -2.42. The number of aliphatic hydroxyl groups is 1. The predicted octanol–water partition coefficient (Wildman–Crippen LogP) is 5.49. The summed E-state index contributed by atoms with van der Waals surface area (Å²) in [6.07, 6.45) is 2.61. The maximum absolute atomic E-state index is 11.2. The summed E-state index contributed by atoms with van der Waals surface area (Å²) in [7, 11) is -1.86. The van der Waals surface area contributed by atoms with Crippen LogP contribution in [0.5, 0.6) is 0 Å². The molecule has 1 N–H and O–H groups in total. The van der Waals surface area contributed by atoms with Gasteiger partial charge in [-0.05, 0) is 48.4 Å². The zero-order valence-electron chi connectivity index (χ0n) is 17.3. The Balaban J connectivity index is 5.14. The van der Waals surface area contributed by atoms with Crippen LogP contribution in [0.3, 0.4) is 0 Å². The Hall–Kier alpha value is -0.453. The summed E-state index contributed by atoms with van der Waals surface area (Å²) in [5, 5.41) is 10.1. The molecule has 4 heteroatoms. The molecule has 0 amide bonds. The highest BCUT2D eigenvalue weighted by Crippen LogP contribution is 2.42. The normalized spacial score (nSPS) is 16.1. The van der Waals surface area contributed by atoms with Gasteiger partial charge in [-0.2, -0.15) is 0 Å². The van der Waals surface area contributed by atoms with Crippen molar-refractivity contribution >= 4 is 14.1 Å². The summed E-state index contributed by atoms with van der Waals surface area (Å²) in [5.74, 6) is 0.306. The van der Waals surface area contributed by atoms with E-state index in [2.05, 4.69) is 54.5 Å². The fourth-order valence-corrected chi connectivity index (χ4v) is 9.45. The Morgan fingerprint density at radius 3 is 1.83 bits per heavy atom. The third kappa shape index (κ3) is 6.45. The maximum atomic E-state index is 11.2. The zero-order chi connectivity index (χ0) is 19.1. The van der Waals surface area contributed by atoms with Gasteiger partial charge in [0.15, 0.2) is 8.32 Å². The van der Waals surface area contributed by atoms with Crippen LogP contribution in [0.15, 0.2) is 11.6 Å². The number of carbonyl (C=O) groups is 1. The van der Waals surface area contributed by atoms with Gasteiger partial charge in [-0.3, -0.25) is 4.79 Å². The second-order valence-corrected chi connectivity index (χ2v) is 13.6. The predicted molar refractivity (Wildman–Crippen MR) is 106 cm³/mol. The fourth-order valence-electron chi connectivity index (χ4n) is 3.95. The van der Waals surface area contributed by atoms with E-state index in [0.717, 1.165) is 12.0 Å². The zero-order valence-corrected chi connectivity index (χ0v) is 18.3. The van der Waals surface area contributed by atoms with Crippen molar-refractivity contribution in [1.29, 1.82) is 0 Å². The summed E-state index contributed by atoms with van der Waals surface area (Å²) in [4.78, 5) is 11.2. The van der Waals surface area contributed by atoms with Gasteiger partial charge >= 0.3 is 0 Å². The molecule has 0 saturated carbocycles. The lowest BCUT2D eigenvalue weighted by molar-refractivity contribution is -0.118. The summed E-state index contributed by atoms with van der Waals surface area (Å²) in [6.45, 7) is 20.1. The Labute approximate surface area is 151 Å². The first-order valence-corrected chi connectivity index (χ1v) is 11.6. The van der Waals surface area contributed by atoms with E-state index in [4.69, 9.17) is 4.43 Å². The molecule has 0 aromatic heterocycles. The lowest BCUT2D eigenvalue weighted by atomic mass is 9.99. The summed E-state index contributed by atoms with van der Waals surface area (Å²) >= 11 is 0. The van der Waals surface area contributed by atoms with E-state index in [1.165, 1.54) is 6.92 Å². The molecule has 0 aromatic rings. The summed E-state index contributed by atoms with van der Waals surface area (Å²) < 4.78 is 6.67. The summed E-state index contributed by atoms with van der Waals surface area (Å²) in [6, 6.07) is 0. The first kappa shape index (κ1) is 23.5. The van der Waals surface area contributed by atoms with Gasteiger partial charge < -0.3 is 9.53 Å². The van der Waals surface area contributed by atoms with Gasteiger partial charge in [0.1, 0.15) is 5.78 Å². The van der Waals surface area contributed by atoms with Gasteiger partial charge in [-0.25, -0.2) is 0 Å². The van der Waals surface area contributed by atoms with Crippen molar-refractivity contribution < 1.29 is 14.3 Å². The molecule has 0 saturated heterocycles. The average Bonchev–Trinajstić information content (AvgIpc) is 2.44. The molecule has 0 spiro atoms. The number of carbonyl (C=O) groups excluding carboxylic acids is 1. The maximum Gasteiger partial charge on any atom is 0.200 e. The van der Waals surface area contributed by atoms with Crippen molar-refractivity contribution in [2.45, 2.75) is 97.9 Å². The van der Waals surface area contributed by atoms with Crippen molar-refractivity contribution in [3.8, 4) is 0 Å². The van der Waals surface area contributed by atoms with Crippen molar-refractivity contribution in [3.05, 3.63) is 11.6 Å². The smallest absolute Gasteiger partial charge is 0.200 e. The minimum Gasteiger partial charge on any atom is -0.415 e. The minimum absolute atomic E-state index is 0.0189. The molecular formula is C20H40O3Si. The van der Waals surface area contributed by atoms with E-state index < -0.39 is 14.4 Å². The van der Waals surface area contributed by atoms with Crippen molar-refractivity contribution in [2.24, 2.45) is 5.92 Å². The third-order valence-electron chi connectivity index (χ3n) is 5.28. The van der Waals surface area contributed by atoms with Crippen LogP contribution in [0.2, 0.25) is 16.6 Å². The molecule has 0 aromatic carbocycles. The van der Waals surface area contributed by atoms with E-state index in [9.17, 15) is 9.90 Å². The largest absolute Gasteiger partial charge is 0.415 e. The highest BCUT2D eigenvalue weighted by Gasteiger charge is 2.45. The summed E-state index contributed by atoms with van der Waals surface area (Å²) in [5.41, 5.74) is 2.60. The van der Waals surface area contributed by atoms with Gasteiger partial charge in [-0.1, -0.05) is 54.5 Å². The minimum atomic E-state index is -1.86. The van der Waals surface area contributed by atoms with Crippen molar-refractivity contribution in [2.75, 3.05) is 6.61 Å². The first-order chi connectivity index (χ1) is 11.0. The Morgan fingerprint density at radius 2 is 1.50 bits per heavy atom. The number of aliphatic hydroxyl groups excluding tert-OH is 1. The molecule has 0 unspecified atom stereocenters. The molecule has 0 fully saturated rings. The van der Waals surface area contributed by atoms with Crippen LogP contribution in [-0.4, -0.2) is 31.9 Å². The van der Waals surface area contributed by atoms with E-state index >= 15 is 0 Å². The van der Waals surface area contributed by atoms with Gasteiger partial charge in [-0.15, -0.1) is 0 Å². The van der Waals surface area contributed by atoms with Gasteiger partial charge in [0.05, 0.1) is 6.10 Å². The molecule has 24 heavy (non-hydrogen) atoms. The molecule has 0 aliphatic carbocycles. The molecule has 2 atom stereocenters. The quantitative estimate of drug-likeness (QED) is 0.393. The van der Waals surface area contributed by atoms with E-state index in [1.54, 1.807) is 0 Å². The van der Waals surface area contributed by atoms with E-state index in [-0.39, 0.29) is 18.1 Å². The van der Waals surface area contributed by atoms with E-state index in [0.29, 0.717) is 23.2 Å². The number of hydrogen-bond acceptors (Lipinski definition) is 3. The number of ketones is 1. The van der Waals surface area contributed by atoms with Crippen LogP contribution < -0.4 is 0 Å². The molecule has 0 heterocycles. The standard InChI is InChI=1S/C20H40O3Si/c1-10-19(11-17(8)20(22)12-18(9)21)13-23-24(14(2)3,15(4)5)16(6)7/h11,14-16,19-20,22H,10,12-13H2,1-9H3/b17-11-/t19-,20+/m0/s1. The van der Waals surface area contributed by atoms with Crippen LogP contribution in [-0.2, 0) is 9.22 Å². The second kappa shape index (κ2) is 10.5. The molecule has 0 aliphatic rings. The van der Waals surface area contributed by atoms with Crippen LogP contribution in [0.1, 0.15) is 75.2 Å². The van der Waals surface area contributed by atoms with Gasteiger partial charge in [0.25, 0.3) is 0 Å². The van der Waals surface area contributed by atoms with Crippen LogP contribution in [0.4, 0.5) is 0 Å². The topological polar surface area (TPSA) is 46.5 Å². The molecule has 142 valence electrons. The monoisotopic (exact) mass is 356 g/mol. The molecule has 0 rings (SSSR count). The first-order valence-electron chi connectivity index (χ1n) is 9.48. The van der Waals surface area contributed by atoms with Crippen molar-refractivity contribution in [3.63, 3.8) is 0 Å². The van der Waals surface area contributed by atoms with Gasteiger partial charge in [0.2, 0.25) is 0 Å². The van der Waals surface area contributed by atoms with Crippen LogP contribution in [0, 0.1) is 5.92 Å². The highest BCUT2D eigenvalue weighted by atomic mass is 28.4. The Morgan fingerprint density at radius 1 is 1.04 bits per heavy atom. The SMILES string of the molecule is CC[C@@H](/C=C(/C)[C@H](O)CC(C)=O)CO[Si](C(C)C)(C(C)C)C(C)C. The fraction of sp³-hybridized carbons (Fsp3) is 0.850. The van der Waals surface area contributed by atoms with Gasteiger partial charge in [0, 0.05) is 13.0 Å². The number of Topliss-reactive ketones (excluding diaryl/α,β-unsaturated/α-hetero) is 1.